The Morgan fingerprint density at radius 2 is 1.88 bits per heavy atom. The van der Waals surface area contributed by atoms with Crippen molar-refractivity contribution in [3.63, 3.8) is 0 Å². The predicted molar refractivity (Wildman–Crippen MR) is 53.4 cm³/mol. The molecule has 1 N–H and O–H groups in total. The van der Waals surface area contributed by atoms with E-state index in [1.54, 1.807) is 0 Å². The van der Waals surface area contributed by atoms with Crippen molar-refractivity contribution in [3.8, 4) is 0 Å². The molecule has 0 saturated carbocycles. The molecule has 6 nitrogen and oxygen atoms in total. The smallest absolute Gasteiger partial charge is 0.350 e. The lowest BCUT2D eigenvalue weighted by Crippen LogP contribution is -2.35. The highest BCUT2D eigenvalue weighted by atomic mass is 16.6. The second-order valence-electron chi connectivity index (χ2n) is 3.07. The summed E-state index contributed by atoms with van der Waals surface area (Å²) in [5, 5.41) is 8.48. The zero-order chi connectivity index (χ0) is 12.7. The van der Waals surface area contributed by atoms with Crippen LogP contribution in [0.5, 0.6) is 0 Å². The molecule has 0 radical (unpaired) electrons. The van der Waals surface area contributed by atoms with Crippen LogP contribution in [0.15, 0.2) is 12.2 Å². The highest BCUT2D eigenvalue weighted by molar-refractivity contribution is 6.06. The Hall–Kier alpha value is -1.53. The van der Waals surface area contributed by atoms with Gasteiger partial charge in [0.1, 0.15) is 0 Å². The molecule has 0 saturated heterocycles. The summed E-state index contributed by atoms with van der Waals surface area (Å²) in [4.78, 5) is 33.3. The lowest BCUT2D eigenvalue weighted by atomic mass is 10.2. The Balaban J connectivity index is 4.44. The van der Waals surface area contributed by atoms with Gasteiger partial charge in [-0.2, -0.15) is 0 Å². The molecule has 0 bridgehead atoms. The van der Waals surface area contributed by atoms with E-state index in [-0.39, 0.29) is 18.8 Å². The Bertz CT molecular complexity index is 306. The van der Waals surface area contributed by atoms with Crippen LogP contribution in [0.25, 0.3) is 0 Å². The third kappa shape index (κ3) is 4.81. The molecule has 16 heavy (non-hydrogen) atoms. The van der Waals surface area contributed by atoms with Gasteiger partial charge in [0, 0.05) is 5.57 Å². The van der Waals surface area contributed by atoms with Crippen LogP contribution in [0.4, 0.5) is 0 Å². The van der Waals surface area contributed by atoms with Crippen molar-refractivity contribution < 1.29 is 29.0 Å². The molecule has 1 atom stereocenters. The van der Waals surface area contributed by atoms with E-state index >= 15 is 0 Å². The Morgan fingerprint density at radius 3 is 2.25 bits per heavy atom. The van der Waals surface area contributed by atoms with Crippen LogP contribution < -0.4 is 0 Å². The van der Waals surface area contributed by atoms with Crippen LogP contribution in [0.3, 0.4) is 0 Å². The molecule has 1 unspecified atom stereocenters. The zero-order valence-corrected chi connectivity index (χ0v) is 9.19. The zero-order valence-electron chi connectivity index (χ0n) is 9.19. The fraction of sp³-hybridized carbons (Fsp3) is 0.500. The standard InChI is InChI=1S/C10H14O6/c1-6(2)9(13)16-10(14)8(7(3)12)15-5-4-11/h8,11H,1,4-5H2,2-3H3. The highest BCUT2D eigenvalue weighted by Crippen LogP contribution is 2.01. The number of esters is 2. The van der Waals surface area contributed by atoms with Crippen LogP contribution in [0.2, 0.25) is 0 Å². The van der Waals surface area contributed by atoms with Gasteiger partial charge >= 0.3 is 11.9 Å². The van der Waals surface area contributed by atoms with Crippen molar-refractivity contribution in [2.75, 3.05) is 13.2 Å². The van der Waals surface area contributed by atoms with Crippen molar-refractivity contribution in [2.24, 2.45) is 0 Å². The molecular formula is C10H14O6. The van der Waals surface area contributed by atoms with Crippen molar-refractivity contribution >= 4 is 17.7 Å². The third-order valence-corrected chi connectivity index (χ3v) is 1.50. The average Bonchev–Trinajstić information content (AvgIpc) is 2.17. The van der Waals surface area contributed by atoms with Crippen molar-refractivity contribution in [1.29, 1.82) is 0 Å². The number of carbonyl (C=O) groups is 3. The number of hydrogen-bond acceptors (Lipinski definition) is 6. The molecule has 0 amide bonds. The maximum absolute atomic E-state index is 11.3. The van der Waals surface area contributed by atoms with Crippen molar-refractivity contribution in [2.45, 2.75) is 20.0 Å². The first kappa shape index (κ1) is 14.5. The molecule has 0 aliphatic rings. The van der Waals surface area contributed by atoms with Gasteiger partial charge in [-0.3, -0.25) is 4.79 Å². The van der Waals surface area contributed by atoms with E-state index < -0.39 is 23.8 Å². The minimum Gasteiger partial charge on any atom is -0.394 e. The quantitative estimate of drug-likeness (QED) is 0.379. The minimum atomic E-state index is -1.49. The summed E-state index contributed by atoms with van der Waals surface area (Å²) in [5.41, 5.74) is 0.0396. The first-order chi connectivity index (χ1) is 7.40. The molecule has 0 aromatic heterocycles. The summed E-state index contributed by atoms with van der Waals surface area (Å²) in [6.45, 7) is 5.23. The summed E-state index contributed by atoms with van der Waals surface area (Å²) in [7, 11) is 0. The van der Waals surface area contributed by atoms with E-state index in [1.165, 1.54) is 6.92 Å². The van der Waals surface area contributed by atoms with Crippen LogP contribution in [-0.2, 0) is 23.9 Å². The number of aliphatic hydroxyl groups excluding tert-OH is 1. The van der Waals surface area contributed by atoms with Gasteiger partial charge in [-0.15, -0.1) is 0 Å². The van der Waals surface area contributed by atoms with E-state index in [1.807, 2.05) is 0 Å². The molecule has 0 aliphatic carbocycles. The highest BCUT2D eigenvalue weighted by Gasteiger charge is 2.27. The summed E-state index contributed by atoms with van der Waals surface area (Å²) in [5.74, 6) is -2.62. The van der Waals surface area contributed by atoms with Gasteiger partial charge in [-0.1, -0.05) is 6.58 Å². The van der Waals surface area contributed by atoms with Crippen LogP contribution in [0.1, 0.15) is 13.8 Å². The Kier molecular flexibility index (Phi) is 6.21. The van der Waals surface area contributed by atoms with Gasteiger partial charge in [0.15, 0.2) is 5.78 Å². The molecule has 0 spiro atoms. The van der Waals surface area contributed by atoms with Gasteiger partial charge in [-0.05, 0) is 13.8 Å². The number of rotatable bonds is 6. The van der Waals surface area contributed by atoms with E-state index in [2.05, 4.69) is 11.3 Å². The van der Waals surface area contributed by atoms with E-state index in [9.17, 15) is 14.4 Å². The Labute approximate surface area is 92.8 Å². The van der Waals surface area contributed by atoms with Gasteiger partial charge in [-0.25, -0.2) is 9.59 Å². The maximum Gasteiger partial charge on any atom is 0.350 e. The number of Topliss-reactive ketones (excluding diaryl/α,β-unsaturated/α-hetero) is 1. The second kappa shape index (κ2) is 6.86. The van der Waals surface area contributed by atoms with Crippen molar-refractivity contribution in [3.05, 3.63) is 12.2 Å². The number of carbonyl (C=O) groups excluding carboxylic acids is 3. The lowest BCUT2D eigenvalue weighted by molar-refractivity contribution is -0.168. The first-order valence-electron chi connectivity index (χ1n) is 4.54. The van der Waals surface area contributed by atoms with Gasteiger partial charge in [0.05, 0.1) is 13.2 Å². The number of hydrogen-bond donors (Lipinski definition) is 1. The van der Waals surface area contributed by atoms with Gasteiger partial charge in [0.25, 0.3) is 0 Å². The molecule has 0 aromatic carbocycles. The molecule has 0 heterocycles. The molecule has 0 rings (SSSR count). The molecule has 0 fully saturated rings. The van der Waals surface area contributed by atoms with Crippen molar-refractivity contribution in [1.82, 2.24) is 0 Å². The molecular weight excluding hydrogens is 216 g/mol. The SMILES string of the molecule is C=C(C)C(=O)OC(=O)C(OCCO)C(C)=O. The van der Waals surface area contributed by atoms with E-state index in [0.717, 1.165) is 6.92 Å². The van der Waals surface area contributed by atoms with Crippen LogP contribution in [-0.4, -0.2) is 42.1 Å². The topological polar surface area (TPSA) is 89.9 Å². The molecule has 6 heteroatoms. The molecule has 0 aromatic rings. The second-order valence-corrected chi connectivity index (χ2v) is 3.07. The number of ether oxygens (including phenoxy) is 2. The third-order valence-electron chi connectivity index (χ3n) is 1.50. The normalized spacial score (nSPS) is 11.7. The molecule has 90 valence electrons. The predicted octanol–water partition coefficient (Wildman–Crippen LogP) is -0.401. The van der Waals surface area contributed by atoms with Crippen LogP contribution in [0, 0.1) is 0 Å². The fourth-order valence-corrected chi connectivity index (χ4v) is 0.754. The summed E-state index contributed by atoms with van der Waals surface area (Å²) in [6, 6.07) is 0. The summed E-state index contributed by atoms with van der Waals surface area (Å²) >= 11 is 0. The van der Waals surface area contributed by atoms with Gasteiger partial charge < -0.3 is 14.6 Å². The fourth-order valence-electron chi connectivity index (χ4n) is 0.754. The number of ketones is 1. The van der Waals surface area contributed by atoms with Crippen LogP contribution >= 0.6 is 0 Å². The monoisotopic (exact) mass is 230 g/mol. The van der Waals surface area contributed by atoms with E-state index in [0.29, 0.717) is 0 Å². The first-order valence-corrected chi connectivity index (χ1v) is 4.54. The van der Waals surface area contributed by atoms with E-state index in [4.69, 9.17) is 9.84 Å². The number of aliphatic hydroxyl groups is 1. The maximum atomic E-state index is 11.3. The Morgan fingerprint density at radius 1 is 1.31 bits per heavy atom. The lowest BCUT2D eigenvalue weighted by Gasteiger charge is -2.12. The van der Waals surface area contributed by atoms with Gasteiger partial charge in [0.2, 0.25) is 6.10 Å². The summed E-state index contributed by atoms with van der Waals surface area (Å²) in [6.07, 6.45) is -1.49. The minimum absolute atomic E-state index is 0.0396. The average molecular weight is 230 g/mol. The molecule has 0 aliphatic heterocycles. The summed E-state index contributed by atoms with van der Waals surface area (Å²) < 4.78 is 9.07. The largest absolute Gasteiger partial charge is 0.394 e.